The van der Waals surface area contributed by atoms with E-state index in [9.17, 15) is 13.0 Å². The van der Waals surface area contributed by atoms with Crippen molar-refractivity contribution < 1.29 is 54.8 Å². The molecule has 7 unspecified atom stereocenters. The molecule has 4 saturated carbocycles. The van der Waals surface area contributed by atoms with Crippen molar-refractivity contribution in [2.45, 2.75) is 91.0 Å². The zero-order valence-electron chi connectivity index (χ0n) is 22.5. The van der Waals surface area contributed by atoms with Crippen molar-refractivity contribution in [2.75, 3.05) is 0 Å². The summed E-state index contributed by atoms with van der Waals surface area (Å²) in [6.45, 7) is 8.89. The summed E-state index contributed by atoms with van der Waals surface area (Å²) in [6.07, 6.45) is 7.98. The van der Waals surface area contributed by atoms with Crippen molar-refractivity contribution in [3.8, 4) is 0 Å². The first-order valence-electron chi connectivity index (χ1n) is 13.4. The van der Waals surface area contributed by atoms with Crippen LogP contribution in [0.4, 0.5) is 0 Å². The first-order valence-corrected chi connectivity index (χ1v) is 16.1. The third-order valence-electron chi connectivity index (χ3n) is 10.5. The van der Waals surface area contributed by atoms with E-state index in [4.69, 9.17) is 23.1 Å². The topological polar surface area (TPSA) is 159 Å². The molecule has 0 aromatic heterocycles. The normalized spacial score (nSPS) is 43.2. The molecule has 226 valence electrons. The molecule has 0 amide bonds. The number of rotatable bonds is 12. The van der Waals surface area contributed by atoms with Gasteiger partial charge in [-0.2, -0.15) is 8.42 Å². The summed E-state index contributed by atoms with van der Waals surface area (Å²) in [5.41, 5.74) is -0.292. The van der Waals surface area contributed by atoms with E-state index < -0.39 is 34.1 Å². The van der Waals surface area contributed by atoms with E-state index in [1.807, 2.05) is 0 Å². The number of allylic oxidation sites excluding steroid dienone is 2. The van der Waals surface area contributed by atoms with Crippen LogP contribution in [0.3, 0.4) is 0 Å². The highest BCUT2D eigenvalue weighted by Crippen LogP contribution is 2.69. The Balaban J connectivity index is 1.66. The fourth-order valence-corrected chi connectivity index (χ4v) is 10.5. The fraction of sp³-hybridized carbons (Fsp3) is 0.917. The van der Waals surface area contributed by atoms with Crippen LogP contribution in [0.15, 0.2) is 12.2 Å². The van der Waals surface area contributed by atoms with Crippen molar-refractivity contribution in [3.05, 3.63) is 12.2 Å². The van der Waals surface area contributed by atoms with E-state index in [-0.39, 0.29) is 23.2 Å². The van der Waals surface area contributed by atoms with Gasteiger partial charge in [0.1, 0.15) is 12.2 Å². The Morgan fingerprint density at radius 3 is 2.15 bits per heavy atom. The lowest BCUT2D eigenvalue weighted by molar-refractivity contribution is -0.435. The van der Waals surface area contributed by atoms with Crippen LogP contribution in [-0.4, -0.2) is 41.8 Å². The van der Waals surface area contributed by atoms with Crippen molar-refractivity contribution >= 4 is 35.0 Å². The number of fused-ring (bicyclic) bond motifs is 5. The molecule has 0 bridgehead atoms. The summed E-state index contributed by atoms with van der Waals surface area (Å²) in [5.74, 6) is 1.60. The molecular formula is C24H40O12S3. The molecular weight excluding hydrogens is 576 g/mol. The van der Waals surface area contributed by atoms with Gasteiger partial charge in [-0.25, -0.2) is 14.7 Å². The van der Waals surface area contributed by atoms with Gasteiger partial charge in [-0.15, -0.1) is 8.67 Å². The van der Waals surface area contributed by atoms with Crippen LogP contribution in [0.5, 0.6) is 0 Å². The monoisotopic (exact) mass is 616 g/mol. The predicted octanol–water partition coefficient (Wildman–Crippen LogP) is 6.00. The van der Waals surface area contributed by atoms with E-state index in [0.717, 1.165) is 25.7 Å². The van der Waals surface area contributed by atoms with Crippen molar-refractivity contribution in [2.24, 2.45) is 46.3 Å². The molecule has 12 nitrogen and oxygen atoms in total. The van der Waals surface area contributed by atoms with Gasteiger partial charge in [0, 0.05) is 0 Å². The Morgan fingerprint density at radius 1 is 0.897 bits per heavy atom. The second kappa shape index (κ2) is 13.1. The molecule has 4 aliphatic rings. The molecule has 0 spiro atoms. The average Bonchev–Trinajstić information content (AvgIpc) is 3.22. The Kier molecular flexibility index (Phi) is 10.7. The smallest absolute Gasteiger partial charge is 0.283 e. The molecule has 4 fully saturated rings. The van der Waals surface area contributed by atoms with E-state index in [1.165, 1.54) is 0 Å². The van der Waals surface area contributed by atoms with Crippen LogP contribution < -0.4 is 0 Å². The van der Waals surface area contributed by atoms with Crippen molar-refractivity contribution in [3.63, 3.8) is 0 Å². The molecule has 0 aromatic rings. The van der Waals surface area contributed by atoms with E-state index in [2.05, 4.69) is 58.6 Å². The maximum atomic E-state index is 12.0. The van der Waals surface area contributed by atoms with Crippen LogP contribution in [0.25, 0.3) is 0 Å². The van der Waals surface area contributed by atoms with Gasteiger partial charge in [0.05, 0.1) is 6.10 Å². The van der Waals surface area contributed by atoms with Crippen LogP contribution in [0.2, 0.25) is 0 Å². The fourth-order valence-electron chi connectivity index (χ4n) is 9.22. The molecule has 39 heavy (non-hydrogen) atoms. The van der Waals surface area contributed by atoms with Crippen LogP contribution in [0, 0.1) is 46.3 Å². The van der Waals surface area contributed by atoms with Gasteiger partial charge < -0.3 is 0 Å². The number of hydrogen-bond acceptors (Lipinski definition) is 13. The SMILES string of the molecule is C/C=C/C(C)C1CCC2[C@@H]3CC(OS(=O)(=O)O)C4CC(OSOOO)[C@@H](OSOOO)C[C@]4(C)C3CC[C@]12C. The molecule has 0 saturated heterocycles. The highest BCUT2D eigenvalue weighted by Gasteiger charge is 2.64. The van der Waals surface area contributed by atoms with Gasteiger partial charge in [0.25, 0.3) is 0 Å². The first-order chi connectivity index (χ1) is 18.5. The largest absolute Gasteiger partial charge is 0.397 e. The predicted molar refractivity (Wildman–Crippen MR) is 141 cm³/mol. The van der Waals surface area contributed by atoms with Crippen LogP contribution in [-0.2, 0) is 41.7 Å². The van der Waals surface area contributed by atoms with Gasteiger partial charge in [0.2, 0.25) is 0 Å². The summed E-state index contributed by atoms with van der Waals surface area (Å²) < 4.78 is 59.5. The minimum atomic E-state index is -4.71. The third kappa shape index (κ3) is 6.65. The molecule has 4 aliphatic carbocycles. The molecule has 0 heterocycles. The van der Waals surface area contributed by atoms with Crippen LogP contribution in [0.1, 0.15) is 72.6 Å². The minimum Gasteiger partial charge on any atom is -0.283 e. The Hall–Kier alpha value is -0.0100. The average molecular weight is 617 g/mol. The highest BCUT2D eigenvalue weighted by atomic mass is 32.3. The van der Waals surface area contributed by atoms with Crippen LogP contribution >= 0.6 is 24.6 Å². The van der Waals surface area contributed by atoms with Gasteiger partial charge in [-0.3, -0.25) is 12.9 Å². The zero-order valence-corrected chi connectivity index (χ0v) is 25.0. The lowest BCUT2D eigenvalue weighted by atomic mass is 9.43. The zero-order chi connectivity index (χ0) is 28.4. The lowest BCUT2D eigenvalue weighted by Gasteiger charge is -2.63. The molecule has 4 rings (SSSR count). The van der Waals surface area contributed by atoms with E-state index >= 15 is 0 Å². The maximum absolute atomic E-state index is 12.0. The summed E-state index contributed by atoms with van der Waals surface area (Å²) in [6, 6.07) is 0. The van der Waals surface area contributed by atoms with E-state index in [0.29, 0.717) is 61.7 Å². The lowest BCUT2D eigenvalue weighted by Crippen LogP contribution is -2.61. The molecule has 15 heteroatoms. The standard InChI is InChI=1S/C24H40O12S3/c1-5-6-14(2)16-7-8-17-15-11-20(32-39(27,28)29)19-12-21(30-37-35-33-25)22(31-38-36-34-26)13-24(19,4)18(15)9-10-23(16,17)3/h5-6,14-22,25-26H,7-13H2,1-4H3,(H,27,28,29)/b6-5+/t14?,15-,16?,17?,18?,19?,20?,21?,22-,23+,24+/m0/s1. The second-order valence-corrected chi connectivity index (χ2v) is 14.0. The first kappa shape index (κ1) is 31.9. The number of hydrogen-bond donors (Lipinski definition) is 3. The second-order valence-electron chi connectivity index (χ2n) is 12.0. The molecule has 3 N–H and O–H groups in total. The van der Waals surface area contributed by atoms with Crippen molar-refractivity contribution in [1.29, 1.82) is 0 Å². The Bertz CT molecular complexity index is 953. The minimum absolute atomic E-state index is 0.128. The molecule has 0 aromatic carbocycles. The Labute approximate surface area is 238 Å². The summed E-state index contributed by atoms with van der Waals surface area (Å²) >= 11 is 0.847. The maximum Gasteiger partial charge on any atom is 0.397 e. The van der Waals surface area contributed by atoms with Gasteiger partial charge in [0.15, 0.2) is 24.6 Å². The van der Waals surface area contributed by atoms with Gasteiger partial charge in [-0.05, 0) is 98.2 Å². The van der Waals surface area contributed by atoms with Crippen molar-refractivity contribution in [1.82, 2.24) is 0 Å². The third-order valence-corrected chi connectivity index (χ3v) is 11.9. The van der Waals surface area contributed by atoms with Gasteiger partial charge >= 0.3 is 10.4 Å². The highest BCUT2D eigenvalue weighted by molar-refractivity contribution is 7.90. The Morgan fingerprint density at radius 2 is 1.54 bits per heavy atom. The summed E-state index contributed by atoms with van der Waals surface area (Å²) in [4.78, 5) is 0. The molecule has 11 atom stereocenters. The quantitative estimate of drug-likeness (QED) is 0.0584. The van der Waals surface area contributed by atoms with E-state index in [1.54, 1.807) is 0 Å². The summed E-state index contributed by atoms with van der Waals surface area (Å²) in [7, 11) is -4.71. The van der Waals surface area contributed by atoms with Gasteiger partial charge in [-0.1, -0.05) is 43.0 Å². The molecule has 0 aliphatic heterocycles. The summed E-state index contributed by atoms with van der Waals surface area (Å²) in [5, 5.41) is 24.3. The molecule has 0 radical (unpaired) electrons.